The molecule has 2 atom stereocenters. The van der Waals surface area contributed by atoms with Gasteiger partial charge in [-0.05, 0) is 6.92 Å². The molecule has 0 aromatic rings. The molecule has 36 valence electrons. The molecule has 0 spiro atoms. The van der Waals surface area contributed by atoms with Crippen molar-refractivity contribution in [2.75, 3.05) is 0 Å². The van der Waals surface area contributed by atoms with Crippen molar-refractivity contribution < 1.29 is 5.11 Å². The standard InChI is InChI=1S/C4H9NO/c1-3-2-4(6)5-3/h3-6H,2H2,1H3. The molecule has 0 aromatic carbocycles. The zero-order valence-corrected chi connectivity index (χ0v) is 3.81. The minimum absolute atomic E-state index is 0.208. The van der Waals surface area contributed by atoms with E-state index < -0.39 is 0 Å². The Morgan fingerprint density at radius 3 is 2.33 bits per heavy atom. The van der Waals surface area contributed by atoms with Gasteiger partial charge in [-0.3, -0.25) is 5.32 Å². The quantitative estimate of drug-likeness (QED) is 0.424. The van der Waals surface area contributed by atoms with Gasteiger partial charge in [0, 0.05) is 12.5 Å². The molecule has 1 fully saturated rings. The molecule has 2 nitrogen and oxygen atoms in total. The van der Waals surface area contributed by atoms with Crippen LogP contribution in [0.25, 0.3) is 0 Å². The third-order valence-corrected chi connectivity index (χ3v) is 1.05. The average Bonchev–Trinajstić information content (AvgIpc) is 1.33. The van der Waals surface area contributed by atoms with Gasteiger partial charge in [-0.2, -0.15) is 0 Å². The average molecular weight is 87.1 g/mol. The molecule has 1 heterocycles. The largest absolute Gasteiger partial charge is 0.379 e. The zero-order valence-electron chi connectivity index (χ0n) is 3.81. The molecule has 0 aromatic heterocycles. The van der Waals surface area contributed by atoms with E-state index in [0.29, 0.717) is 6.04 Å². The van der Waals surface area contributed by atoms with Gasteiger partial charge in [0.15, 0.2) is 0 Å². The second-order valence-electron chi connectivity index (χ2n) is 1.82. The van der Waals surface area contributed by atoms with Gasteiger partial charge in [0.2, 0.25) is 0 Å². The molecule has 1 aliphatic heterocycles. The minimum Gasteiger partial charge on any atom is -0.379 e. The van der Waals surface area contributed by atoms with E-state index in [0.717, 1.165) is 6.42 Å². The molecule has 6 heavy (non-hydrogen) atoms. The van der Waals surface area contributed by atoms with E-state index >= 15 is 0 Å². The monoisotopic (exact) mass is 87.1 g/mol. The van der Waals surface area contributed by atoms with E-state index in [4.69, 9.17) is 5.11 Å². The Hall–Kier alpha value is -0.0800. The van der Waals surface area contributed by atoms with E-state index in [1.54, 1.807) is 0 Å². The highest BCUT2D eigenvalue weighted by atomic mass is 16.3. The molecule has 1 rings (SSSR count). The Kier molecular flexibility index (Phi) is 0.821. The number of nitrogens with one attached hydrogen (secondary N) is 1. The van der Waals surface area contributed by atoms with Crippen molar-refractivity contribution in [3.8, 4) is 0 Å². The van der Waals surface area contributed by atoms with Crippen LogP contribution in [0.4, 0.5) is 0 Å². The zero-order chi connectivity index (χ0) is 4.57. The summed E-state index contributed by atoms with van der Waals surface area (Å²) in [5, 5.41) is 11.4. The van der Waals surface area contributed by atoms with Crippen molar-refractivity contribution in [3.05, 3.63) is 0 Å². The number of rotatable bonds is 0. The molecule has 0 saturated carbocycles. The van der Waals surface area contributed by atoms with E-state index in [-0.39, 0.29) is 6.23 Å². The normalized spacial score (nSPS) is 45.0. The summed E-state index contributed by atoms with van der Waals surface area (Å²) in [6, 6.07) is 0.542. The maximum atomic E-state index is 8.51. The second-order valence-corrected chi connectivity index (χ2v) is 1.82. The van der Waals surface area contributed by atoms with Crippen molar-refractivity contribution in [2.45, 2.75) is 25.6 Å². The highest BCUT2D eigenvalue weighted by molar-refractivity contribution is 4.75. The Bertz CT molecular complexity index is 43.5. The van der Waals surface area contributed by atoms with Gasteiger partial charge in [0.05, 0.1) is 0 Å². The number of hydrogen-bond donors (Lipinski definition) is 2. The fraction of sp³-hybridized carbons (Fsp3) is 1.00. The first-order valence-electron chi connectivity index (χ1n) is 2.23. The summed E-state index contributed by atoms with van der Waals surface area (Å²) in [7, 11) is 0. The predicted molar refractivity (Wildman–Crippen MR) is 23.2 cm³/mol. The van der Waals surface area contributed by atoms with Crippen LogP contribution in [-0.4, -0.2) is 17.4 Å². The third kappa shape index (κ3) is 0.533. The first-order chi connectivity index (χ1) is 2.79. The Balaban J connectivity index is 2.11. The number of aliphatic hydroxyl groups excluding tert-OH is 1. The SMILES string of the molecule is CC1CC(O)N1. The molecule has 0 radical (unpaired) electrons. The Morgan fingerprint density at radius 2 is 2.33 bits per heavy atom. The van der Waals surface area contributed by atoms with Crippen molar-refractivity contribution in [1.82, 2.24) is 5.32 Å². The Morgan fingerprint density at radius 1 is 1.83 bits per heavy atom. The van der Waals surface area contributed by atoms with Gasteiger partial charge < -0.3 is 5.11 Å². The van der Waals surface area contributed by atoms with Crippen LogP contribution in [0.1, 0.15) is 13.3 Å². The van der Waals surface area contributed by atoms with Gasteiger partial charge in [0.1, 0.15) is 6.23 Å². The fourth-order valence-electron chi connectivity index (χ4n) is 0.639. The van der Waals surface area contributed by atoms with Crippen LogP contribution >= 0.6 is 0 Å². The summed E-state index contributed by atoms with van der Waals surface area (Å²) in [6.07, 6.45) is 0.708. The van der Waals surface area contributed by atoms with E-state index in [9.17, 15) is 0 Å². The molecule has 0 bridgehead atoms. The van der Waals surface area contributed by atoms with E-state index in [1.807, 2.05) is 6.92 Å². The summed E-state index contributed by atoms with van der Waals surface area (Å²) in [6.45, 7) is 2.05. The van der Waals surface area contributed by atoms with Crippen molar-refractivity contribution in [1.29, 1.82) is 0 Å². The van der Waals surface area contributed by atoms with E-state index in [1.165, 1.54) is 0 Å². The molecule has 0 amide bonds. The van der Waals surface area contributed by atoms with Crippen molar-refractivity contribution in [3.63, 3.8) is 0 Å². The van der Waals surface area contributed by atoms with Crippen LogP contribution < -0.4 is 5.32 Å². The molecule has 2 heteroatoms. The van der Waals surface area contributed by atoms with Gasteiger partial charge >= 0.3 is 0 Å². The maximum Gasteiger partial charge on any atom is 0.106 e. The summed E-state index contributed by atoms with van der Waals surface area (Å²) < 4.78 is 0. The van der Waals surface area contributed by atoms with Crippen LogP contribution in [-0.2, 0) is 0 Å². The Labute approximate surface area is 37.2 Å². The molecule has 2 unspecified atom stereocenters. The topological polar surface area (TPSA) is 32.3 Å². The molecule has 0 aliphatic carbocycles. The van der Waals surface area contributed by atoms with Gasteiger partial charge in [0.25, 0.3) is 0 Å². The first kappa shape index (κ1) is 4.09. The third-order valence-electron chi connectivity index (χ3n) is 1.05. The van der Waals surface area contributed by atoms with Crippen LogP contribution in [0.5, 0.6) is 0 Å². The molecule has 1 saturated heterocycles. The second kappa shape index (κ2) is 1.21. The minimum atomic E-state index is -0.208. The molecule has 2 N–H and O–H groups in total. The van der Waals surface area contributed by atoms with Crippen molar-refractivity contribution >= 4 is 0 Å². The van der Waals surface area contributed by atoms with Gasteiger partial charge in [-0.1, -0.05) is 0 Å². The lowest BCUT2D eigenvalue weighted by Gasteiger charge is -2.29. The summed E-state index contributed by atoms with van der Waals surface area (Å²) in [4.78, 5) is 0. The first-order valence-corrected chi connectivity index (χ1v) is 2.23. The summed E-state index contributed by atoms with van der Waals surface area (Å²) in [5.74, 6) is 0. The molecular weight excluding hydrogens is 78.0 g/mol. The lowest BCUT2D eigenvalue weighted by atomic mass is 10.1. The number of aliphatic hydroxyl groups is 1. The van der Waals surface area contributed by atoms with Crippen LogP contribution in [0, 0.1) is 0 Å². The number of hydrogen-bond acceptors (Lipinski definition) is 2. The maximum absolute atomic E-state index is 8.51. The van der Waals surface area contributed by atoms with Crippen LogP contribution in [0.15, 0.2) is 0 Å². The highest BCUT2D eigenvalue weighted by Gasteiger charge is 2.20. The van der Waals surface area contributed by atoms with Crippen molar-refractivity contribution in [2.24, 2.45) is 0 Å². The van der Waals surface area contributed by atoms with Gasteiger partial charge in [-0.25, -0.2) is 0 Å². The molecule has 1 aliphatic rings. The fourth-order valence-corrected chi connectivity index (χ4v) is 0.639. The van der Waals surface area contributed by atoms with Crippen LogP contribution in [0.3, 0.4) is 0 Å². The summed E-state index contributed by atoms with van der Waals surface area (Å²) in [5.41, 5.74) is 0. The summed E-state index contributed by atoms with van der Waals surface area (Å²) >= 11 is 0. The smallest absolute Gasteiger partial charge is 0.106 e. The molecular formula is C4H9NO. The van der Waals surface area contributed by atoms with Gasteiger partial charge in [-0.15, -0.1) is 0 Å². The highest BCUT2D eigenvalue weighted by Crippen LogP contribution is 2.05. The van der Waals surface area contributed by atoms with Crippen LogP contribution in [0.2, 0.25) is 0 Å². The lowest BCUT2D eigenvalue weighted by molar-refractivity contribution is 0.0407. The predicted octanol–water partition coefficient (Wildman–Crippen LogP) is -0.313. The van der Waals surface area contributed by atoms with E-state index in [2.05, 4.69) is 5.32 Å². The lowest BCUT2D eigenvalue weighted by Crippen LogP contribution is -2.50.